The Kier molecular flexibility index (Phi) is 2.54. The van der Waals surface area contributed by atoms with E-state index >= 15 is 0 Å². The Morgan fingerprint density at radius 2 is 2.07 bits per heavy atom. The van der Waals surface area contributed by atoms with Gasteiger partial charge in [-0.25, -0.2) is 0 Å². The number of benzene rings is 1. The van der Waals surface area contributed by atoms with Crippen LogP contribution in [-0.2, 0) is 6.42 Å². The van der Waals surface area contributed by atoms with Crippen LogP contribution in [0.5, 0.6) is 0 Å². The maximum atomic E-state index is 10.1. The summed E-state index contributed by atoms with van der Waals surface area (Å²) in [5, 5.41) is 10.8. The largest absolute Gasteiger partial charge is 0.389 e. The Morgan fingerprint density at radius 1 is 1.43 bits per heavy atom. The van der Waals surface area contributed by atoms with Gasteiger partial charge in [0.25, 0.3) is 0 Å². The van der Waals surface area contributed by atoms with Gasteiger partial charge in [0.2, 0.25) is 0 Å². The fourth-order valence-corrected chi connectivity index (χ4v) is 2.19. The summed E-state index contributed by atoms with van der Waals surface area (Å²) in [5.74, 6) is 0.498. The highest BCUT2D eigenvalue weighted by atomic mass is 35.5. The van der Waals surface area contributed by atoms with Gasteiger partial charge in [0, 0.05) is 11.4 Å². The molecule has 2 atom stereocenters. The quantitative estimate of drug-likeness (QED) is 0.813. The van der Waals surface area contributed by atoms with Crippen molar-refractivity contribution < 1.29 is 5.11 Å². The van der Waals surface area contributed by atoms with Crippen molar-refractivity contribution in [2.45, 2.75) is 31.8 Å². The lowest BCUT2D eigenvalue weighted by Gasteiger charge is -2.09. The molecule has 0 amide bonds. The molecule has 1 nitrogen and oxygen atoms in total. The monoisotopic (exact) mass is 210 g/mol. The molecule has 1 saturated carbocycles. The molecule has 14 heavy (non-hydrogen) atoms. The maximum absolute atomic E-state index is 10.1. The average Bonchev–Trinajstić information content (AvgIpc) is 2.81. The average molecular weight is 211 g/mol. The molecule has 0 aromatic heterocycles. The lowest BCUT2D eigenvalue weighted by molar-refractivity contribution is 0.130. The third-order valence-corrected chi connectivity index (χ3v) is 3.37. The summed E-state index contributed by atoms with van der Waals surface area (Å²) in [5.41, 5.74) is 0.746. The second-order valence-electron chi connectivity index (χ2n) is 4.22. The summed E-state index contributed by atoms with van der Waals surface area (Å²) in [6, 6.07) is 7.74. The van der Waals surface area contributed by atoms with Gasteiger partial charge >= 0.3 is 0 Å². The van der Waals surface area contributed by atoms with Crippen LogP contribution in [-0.4, -0.2) is 10.7 Å². The van der Waals surface area contributed by atoms with Crippen molar-refractivity contribution in [3.05, 3.63) is 34.9 Å². The lowest BCUT2D eigenvalue weighted by atomic mass is 10.0. The van der Waals surface area contributed by atoms with Crippen LogP contribution in [0.2, 0.25) is 5.02 Å². The van der Waals surface area contributed by atoms with Gasteiger partial charge in [0.1, 0.15) is 0 Å². The molecule has 76 valence electrons. The van der Waals surface area contributed by atoms with E-state index in [0.29, 0.717) is 5.92 Å². The van der Waals surface area contributed by atoms with E-state index in [-0.39, 0.29) is 0 Å². The first kappa shape index (κ1) is 10.0. The fraction of sp³-hybridized carbons (Fsp3) is 0.500. The molecular weight excluding hydrogens is 196 g/mol. The Bertz CT molecular complexity index is 320. The Hall–Kier alpha value is -0.530. The fourth-order valence-electron chi connectivity index (χ4n) is 2.06. The predicted molar refractivity (Wildman–Crippen MR) is 58.5 cm³/mol. The molecular formula is C12H15ClO. The van der Waals surface area contributed by atoms with Gasteiger partial charge in [-0.15, -0.1) is 0 Å². The summed E-state index contributed by atoms with van der Waals surface area (Å²) >= 11 is 5.79. The second kappa shape index (κ2) is 3.56. The van der Waals surface area contributed by atoms with Crippen molar-refractivity contribution in [2.24, 2.45) is 5.92 Å². The van der Waals surface area contributed by atoms with Gasteiger partial charge in [0.15, 0.2) is 0 Å². The predicted octanol–water partition coefficient (Wildman–Crippen LogP) is 3.04. The van der Waals surface area contributed by atoms with E-state index in [1.807, 2.05) is 24.3 Å². The molecule has 0 heterocycles. The van der Waals surface area contributed by atoms with Gasteiger partial charge in [-0.05, 0) is 30.0 Å². The highest BCUT2D eigenvalue weighted by molar-refractivity contribution is 6.30. The Morgan fingerprint density at radius 3 is 2.57 bits per heavy atom. The zero-order valence-corrected chi connectivity index (χ0v) is 9.09. The zero-order valence-electron chi connectivity index (χ0n) is 8.33. The smallest absolute Gasteiger partial charge is 0.0720 e. The van der Waals surface area contributed by atoms with Crippen LogP contribution in [0.15, 0.2) is 24.3 Å². The minimum absolute atomic E-state index is 0.428. The molecule has 1 N–H and O–H groups in total. The molecule has 0 spiro atoms. The number of hydrogen-bond acceptors (Lipinski definition) is 1. The van der Waals surface area contributed by atoms with E-state index in [0.717, 1.165) is 24.3 Å². The standard InChI is InChI=1S/C12H15ClO/c1-2-10-8-12(10,14)7-9-3-5-11(13)6-4-9/h3-6,10,14H,2,7-8H2,1H3. The number of hydrogen-bond donors (Lipinski definition) is 1. The number of rotatable bonds is 3. The molecule has 0 bridgehead atoms. The molecule has 2 heteroatoms. The van der Waals surface area contributed by atoms with Crippen LogP contribution in [0.1, 0.15) is 25.3 Å². The van der Waals surface area contributed by atoms with Crippen molar-refractivity contribution in [2.75, 3.05) is 0 Å². The summed E-state index contributed by atoms with van der Waals surface area (Å²) in [7, 11) is 0. The molecule has 1 aliphatic carbocycles. The van der Waals surface area contributed by atoms with Gasteiger partial charge in [-0.1, -0.05) is 37.1 Å². The Balaban J connectivity index is 2.02. The van der Waals surface area contributed by atoms with Crippen LogP contribution in [0.3, 0.4) is 0 Å². The van der Waals surface area contributed by atoms with E-state index in [1.54, 1.807) is 0 Å². The van der Waals surface area contributed by atoms with E-state index < -0.39 is 5.60 Å². The molecule has 2 rings (SSSR count). The lowest BCUT2D eigenvalue weighted by Crippen LogP contribution is -2.14. The van der Waals surface area contributed by atoms with Gasteiger partial charge in [-0.2, -0.15) is 0 Å². The minimum atomic E-state index is -0.428. The van der Waals surface area contributed by atoms with Crippen LogP contribution >= 0.6 is 11.6 Å². The molecule has 2 unspecified atom stereocenters. The maximum Gasteiger partial charge on any atom is 0.0720 e. The van der Waals surface area contributed by atoms with Crippen molar-refractivity contribution in [3.8, 4) is 0 Å². The third-order valence-electron chi connectivity index (χ3n) is 3.12. The first-order valence-electron chi connectivity index (χ1n) is 5.11. The van der Waals surface area contributed by atoms with E-state index in [2.05, 4.69) is 6.92 Å². The molecule has 0 aliphatic heterocycles. The second-order valence-corrected chi connectivity index (χ2v) is 4.65. The number of halogens is 1. The number of aliphatic hydroxyl groups is 1. The van der Waals surface area contributed by atoms with Gasteiger partial charge < -0.3 is 5.11 Å². The molecule has 1 aromatic carbocycles. The molecule has 1 aliphatic rings. The van der Waals surface area contributed by atoms with Crippen LogP contribution in [0.25, 0.3) is 0 Å². The summed E-state index contributed by atoms with van der Waals surface area (Å²) in [6.07, 6.45) is 2.79. The zero-order chi connectivity index (χ0) is 10.2. The molecule has 0 saturated heterocycles. The first-order valence-corrected chi connectivity index (χ1v) is 5.48. The minimum Gasteiger partial charge on any atom is -0.389 e. The SMILES string of the molecule is CCC1CC1(O)Cc1ccc(Cl)cc1. The van der Waals surface area contributed by atoms with Gasteiger partial charge in [-0.3, -0.25) is 0 Å². The van der Waals surface area contributed by atoms with Crippen molar-refractivity contribution >= 4 is 11.6 Å². The third kappa shape index (κ3) is 1.94. The van der Waals surface area contributed by atoms with Gasteiger partial charge in [0.05, 0.1) is 5.60 Å². The van der Waals surface area contributed by atoms with Crippen molar-refractivity contribution in [1.82, 2.24) is 0 Å². The van der Waals surface area contributed by atoms with Crippen LogP contribution in [0, 0.1) is 5.92 Å². The van der Waals surface area contributed by atoms with E-state index in [9.17, 15) is 5.11 Å². The molecule has 1 fully saturated rings. The highest BCUT2D eigenvalue weighted by Crippen LogP contribution is 2.47. The molecule has 1 aromatic rings. The van der Waals surface area contributed by atoms with E-state index in [4.69, 9.17) is 11.6 Å². The van der Waals surface area contributed by atoms with Crippen molar-refractivity contribution in [1.29, 1.82) is 0 Å². The topological polar surface area (TPSA) is 20.2 Å². The summed E-state index contributed by atoms with van der Waals surface area (Å²) in [4.78, 5) is 0. The highest BCUT2D eigenvalue weighted by Gasteiger charge is 2.50. The molecule has 0 radical (unpaired) electrons. The summed E-state index contributed by atoms with van der Waals surface area (Å²) < 4.78 is 0. The normalized spacial score (nSPS) is 30.4. The first-order chi connectivity index (χ1) is 6.64. The van der Waals surface area contributed by atoms with Crippen LogP contribution < -0.4 is 0 Å². The van der Waals surface area contributed by atoms with Crippen molar-refractivity contribution in [3.63, 3.8) is 0 Å². The summed E-state index contributed by atoms with van der Waals surface area (Å²) in [6.45, 7) is 2.13. The van der Waals surface area contributed by atoms with E-state index in [1.165, 1.54) is 5.56 Å². The van der Waals surface area contributed by atoms with Crippen LogP contribution in [0.4, 0.5) is 0 Å². The Labute approximate surface area is 89.7 Å².